The van der Waals surface area contributed by atoms with Crippen molar-refractivity contribution in [3.8, 4) is 6.07 Å². The molecule has 2 heterocycles. The minimum Gasteiger partial charge on any atom is -0.424 e. The van der Waals surface area contributed by atoms with E-state index in [1.807, 2.05) is 19.1 Å². The number of rotatable bonds is 8. The molecule has 5 rings (SSSR count). The fraction of sp³-hybridized carbons (Fsp3) is 0.400. The Kier molecular flexibility index (Phi) is 7.60. The van der Waals surface area contributed by atoms with E-state index in [0.717, 1.165) is 28.7 Å². The highest BCUT2D eigenvalue weighted by molar-refractivity contribution is 5.94. The number of carbonyl (C=O) groups excluding carboxylic acids is 3. The molecular weight excluding hydrogens is 522 g/mol. The fourth-order valence-corrected chi connectivity index (χ4v) is 6.26. The zero-order chi connectivity index (χ0) is 29.3. The standard InChI is InChI=1S/C30H33N7O4/c1-17(34-16-26(38)37-11-3-4-23(37)15-31)14-30(29-36-35-18(2)41-29)24-9-7-21(27(32)39)12-19(24)5-6-20-13-22(28(33)40)8-10-25(20)30/h7-10,12-13,17,23,34H,3-6,11,14,16H2,1-2H3,(H2,32,39)(H2,33,40)/t17-,23+/m1/s1. The Balaban J connectivity index is 1.61. The lowest BCUT2D eigenvalue weighted by Crippen LogP contribution is -2.45. The Morgan fingerprint density at radius 2 is 1.71 bits per heavy atom. The van der Waals surface area contributed by atoms with Crippen LogP contribution in [-0.2, 0) is 23.1 Å². The quantitative estimate of drug-likeness (QED) is 0.377. The summed E-state index contributed by atoms with van der Waals surface area (Å²) in [5, 5.41) is 21.4. The number of aromatic nitrogens is 2. The van der Waals surface area contributed by atoms with Gasteiger partial charge in [0, 0.05) is 30.6 Å². The molecule has 3 aromatic rings. The molecule has 11 nitrogen and oxygen atoms in total. The summed E-state index contributed by atoms with van der Waals surface area (Å²) < 4.78 is 6.14. The SMILES string of the molecule is Cc1nnc(C2(C[C@@H](C)NCC(=O)N3CCC[C@H]3C#N)c3ccc(C(N)=O)cc3CCc3cc(C(N)=O)ccc32)o1. The number of likely N-dealkylation sites (tertiary alicyclic amines) is 1. The summed E-state index contributed by atoms with van der Waals surface area (Å²) in [6, 6.07) is 12.3. The molecule has 41 heavy (non-hydrogen) atoms. The van der Waals surface area contributed by atoms with Crippen LogP contribution in [0.2, 0.25) is 0 Å². The van der Waals surface area contributed by atoms with Crippen LogP contribution in [0.4, 0.5) is 0 Å². The number of nitrogens with one attached hydrogen (secondary N) is 1. The third-order valence-corrected chi connectivity index (χ3v) is 8.19. The number of primary amides is 2. The zero-order valence-corrected chi connectivity index (χ0v) is 23.1. The van der Waals surface area contributed by atoms with E-state index in [4.69, 9.17) is 15.9 Å². The van der Waals surface area contributed by atoms with Crippen LogP contribution in [0.15, 0.2) is 40.8 Å². The van der Waals surface area contributed by atoms with Crippen LogP contribution < -0.4 is 16.8 Å². The molecule has 212 valence electrons. The van der Waals surface area contributed by atoms with E-state index < -0.39 is 23.3 Å². The minimum absolute atomic E-state index is 0.0687. The van der Waals surface area contributed by atoms with Crippen molar-refractivity contribution in [2.75, 3.05) is 13.1 Å². The van der Waals surface area contributed by atoms with Crippen molar-refractivity contribution in [2.24, 2.45) is 11.5 Å². The number of carbonyl (C=O) groups is 3. The average molecular weight is 556 g/mol. The molecule has 1 aliphatic carbocycles. The van der Waals surface area contributed by atoms with Gasteiger partial charge in [0.2, 0.25) is 29.5 Å². The van der Waals surface area contributed by atoms with Gasteiger partial charge in [-0.15, -0.1) is 10.2 Å². The first-order chi connectivity index (χ1) is 19.6. The van der Waals surface area contributed by atoms with Crippen molar-refractivity contribution in [3.05, 3.63) is 81.6 Å². The monoisotopic (exact) mass is 555 g/mol. The molecule has 11 heteroatoms. The van der Waals surface area contributed by atoms with Crippen molar-refractivity contribution in [1.29, 1.82) is 5.26 Å². The van der Waals surface area contributed by atoms with Gasteiger partial charge in [-0.05, 0) is 85.5 Å². The highest BCUT2D eigenvalue weighted by Gasteiger charge is 2.46. The normalized spacial score (nSPS) is 18.1. The van der Waals surface area contributed by atoms with Crippen LogP contribution in [0.5, 0.6) is 0 Å². The van der Waals surface area contributed by atoms with Gasteiger partial charge in [0.25, 0.3) is 0 Å². The first-order valence-electron chi connectivity index (χ1n) is 13.7. The van der Waals surface area contributed by atoms with E-state index in [9.17, 15) is 19.6 Å². The predicted octanol–water partition coefficient (Wildman–Crippen LogP) is 1.89. The van der Waals surface area contributed by atoms with Crippen LogP contribution in [0.25, 0.3) is 0 Å². The predicted molar refractivity (Wildman–Crippen MR) is 149 cm³/mol. The zero-order valence-electron chi connectivity index (χ0n) is 23.1. The second kappa shape index (κ2) is 11.1. The van der Waals surface area contributed by atoms with Crippen molar-refractivity contribution in [1.82, 2.24) is 20.4 Å². The number of nitriles is 1. The summed E-state index contributed by atoms with van der Waals surface area (Å²) >= 11 is 0. The molecule has 1 aliphatic heterocycles. The van der Waals surface area contributed by atoms with Crippen molar-refractivity contribution in [3.63, 3.8) is 0 Å². The average Bonchev–Trinajstić information content (AvgIpc) is 3.60. The van der Waals surface area contributed by atoms with Gasteiger partial charge in [0.1, 0.15) is 11.5 Å². The third kappa shape index (κ3) is 5.18. The lowest BCUT2D eigenvalue weighted by atomic mass is 9.68. The number of nitrogens with two attached hydrogens (primary N) is 2. The van der Waals surface area contributed by atoms with Gasteiger partial charge < -0.3 is 26.1 Å². The number of benzene rings is 2. The van der Waals surface area contributed by atoms with Gasteiger partial charge in [-0.25, -0.2) is 0 Å². The largest absolute Gasteiger partial charge is 0.424 e. The Labute approximate surface area is 237 Å². The topological polar surface area (TPSA) is 181 Å². The van der Waals surface area contributed by atoms with Crippen LogP contribution >= 0.6 is 0 Å². The summed E-state index contributed by atoms with van der Waals surface area (Å²) in [7, 11) is 0. The second-order valence-corrected chi connectivity index (χ2v) is 10.9. The number of hydrogen-bond donors (Lipinski definition) is 3. The number of nitrogens with zero attached hydrogens (tertiary/aromatic N) is 4. The minimum atomic E-state index is -0.979. The van der Waals surface area contributed by atoms with Crippen LogP contribution in [-0.4, -0.2) is 58.0 Å². The molecule has 2 atom stereocenters. The van der Waals surface area contributed by atoms with Gasteiger partial charge in [-0.3, -0.25) is 14.4 Å². The van der Waals surface area contributed by atoms with Crippen LogP contribution in [0, 0.1) is 18.3 Å². The smallest absolute Gasteiger partial charge is 0.248 e. The first-order valence-corrected chi connectivity index (χ1v) is 13.7. The van der Waals surface area contributed by atoms with E-state index in [-0.39, 0.29) is 18.5 Å². The molecular formula is C30H33N7O4. The fourth-order valence-electron chi connectivity index (χ4n) is 6.26. The van der Waals surface area contributed by atoms with Crippen molar-refractivity contribution < 1.29 is 18.8 Å². The molecule has 5 N–H and O–H groups in total. The number of aryl methyl sites for hydroxylation is 3. The van der Waals surface area contributed by atoms with Crippen molar-refractivity contribution in [2.45, 2.75) is 63.5 Å². The van der Waals surface area contributed by atoms with E-state index in [1.165, 1.54) is 0 Å². The van der Waals surface area contributed by atoms with Gasteiger partial charge in [0.05, 0.1) is 12.6 Å². The molecule has 2 aliphatic rings. The molecule has 0 radical (unpaired) electrons. The summed E-state index contributed by atoms with van der Waals surface area (Å²) in [6.07, 6.45) is 3.06. The molecule has 3 amide bonds. The van der Waals surface area contributed by atoms with E-state index in [2.05, 4.69) is 21.6 Å². The Morgan fingerprint density at radius 1 is 1.10 bits per heavy atom. The van der Waals surface area contributed by atoms with Crippen LogP contribution in [0.1, 0.15) is 80.9 Å². The second-order valence-electron chi connectivity index (χ2n) is 10.9. The van der Waals surface area contributed by atoms with Gasteiger partial charge in [0.15, 0.2) is 0 Å². The third-order valence-electron chi connectivity index (χ3n) is 8.19. The van der Waals surface area contributed by atoms with Gasteiger partial charge in [-0.2, -0.15) is 5.26 Å². The Morgan fingerprint density at radius 3 is 2.22 bits per heavy atom. The van der Waals surface area contributed by atoms with E-state index in [0.29, 0.717) is 55.1 Å². The summed E-state index contributed by atoms with van der Waals surface area (Å²) in [5.74, 6) is -0.432. The van der Waals surface area contributed by atoms with Crippen LogP contribution in [0.3, 0.4) is 0 Å². The lowest BCUT2D eigenvalue weighted by Gasteiger charge is -2.36. The van der Waals surface area contributed by atoms with Gasteiger partial charge >= 0.3 is 0 Å². The highest BCUT2D eigenvalue weighted by atomic mass is 16.4. The maximum atomic E-state index is 13.0. The maximum absolute atomic E-state index is 13.0. The Bertz CT molecular complexity index is 1490. The summed E-state index contributed by atoms with van der Waals surface area (Å²) in [6.45, 7) is 4.34. The maximum Gasteiger partial charge on any atom is 0.248 e. The van der Waals surface area contributed by atoms with Crippen molar-refractivity contribution >= 4 is 17.7 Å². The highest BCUT2D eigenvalue weighted by Crippen LogP contribution is 2.47. The van der Waals surface area contributed by atoms with E-state index >= 15 is 0 Å². The summed E-state index contributed by atoms with van der Waals surface area (Å²) in [5.41, 5.74) is 14.6. The first kappa shape index (κ1) is 28.0. The van der Waals surface area contributed by atoms with E-state index in [1.54, 1.807) is 36.1 Å². The molecule has 1 aromatic heterocycles. The summed E-state index contributed by atoms with van der Waals surface area (Å²) in [4.78, 5) is 38.8. The molecule has 0 saturated carbocycles. The molecule has 0 bridgehead atoms. The molecule has 0 unspecified atom stereocenters. The lowest BCUT2D eigenvalue weighted by molar-refractivity contribution is -0.130. The number of hydrogen-bond acceptors (Lipinski definition) is 8. The molecule has 2 aromatic carbocycles. The van der Waals surface area contributed by atoms with Gasteiger partial charge in [-0.1, -0.05) is 12.1 Å². The number of fused-ring (bicyclic) bond motifs is 2. The Hall–Kier alpha value is -4.56. The molecule has 0 spiro atoms. The molecule has 1 saturated heterocycles. The number of amides is 3. The molecule has 1 fully saturated rings.